The maximum Gasteiger partial charge on any atom is 0.300 e. The van der Waals surface area contributed by atoms with Crippen molar-refractivity contribution >= 4 is 40.4 Å². The van der Waals surface area contributed by atoms with Gasteiger partial charge in [-0.1, -0.05) is 29.8 Å². The molecule has 8 nitrogen and oxygen atoms in total. The second kappa shape index (κ2) is 7.73. The lowest BCUT2D eigenvalue weighted by Crippen LogP contribution is -2.30. The number of carbonyl (C=O) groups excluding carboxylic acids is 2. The lowest BCUT2D eigenvalue weighted by atomic mass is 9.98. The molecule has 2 aromatic carbocycles. The first kappa shape index (κ1) is 20.4. The number of amides is 1. The number of nitro groups is 1. The van der Waals surface area contributed by atoms with E-state index in [0.29, 0.717) is 16.3 Å². The van der Waals surface area contributed by atoms with Crippen LogP contribution in [0.25, 0.3) is 5.76 Å². The fourth-order valence-electron chi connectivity index (χ4n) is 3.58. The maximum atomic E-state index is 13.0. The van der Waals surface area contributed by atoms with E-state index in [1.54, 1.807) is 37.3 Å². The molecule has 1 aliphatic rings. The van der Waals surface area contributed by atoms with E-state index < -0.39 is 28.4 Å². The van der Waals surface area contributed by atoms with Crippen molar-refractivity contribution in [1.82, 2.24) is 0 Å². The van der Waals surface area contributed by atoms with Gasteiger partial charge in [-0.3, -0.25) is 24.6 Å². The molecular weight excluding hydrogens is 424 g/mol. The number of nitro benzene ring substituents is 1. The molecule has 2 heterocycles. The number of aliphatic hydroxyl groups excluding tert-OH is 1. The minimum atomic E-state index is -1.08. The van der Waals surface area contributed by atoms with Crippen molar-refractivity contribution in [3.8, 4) is 0 Å². The highest BCUT2D eigenvalue weighted by Gasteiger charge is 2.48. The first-order valence-electron chi connectivity index (χ1n) is 9.15. The topological polar surface area (TPSA) is 114 Å². The van der Waals surface area contributed by atoms with Crippen LogP contribution in [0.1, 0.15) is 22.9 Å². The Bertz CT molecular complexity index is 1250. The molecule has 0 radical (unpaired) electrons. The van der Waals surface area contributed by atoms with E-state index in [4.69, 9.17) is 16.0 Å². The summed E-state index contributed by atoms with van der Waals surface area (Å²) in [6, 6.07) is 12.2. The average molecular weight is 439 g/mol. The molecule has 1 fully saturated rings. The van der Waals surface area contributed by atoms with Crippen LogP contribution in [-0.2, 0) is 9.59 Å². The Morgan fingerprint density at radius 2 is 1.90 bits per heavy atom. The van der Waals surface area contributed by atoms with Gasteiger partial charge in [0, 0.05) is 28.4 Å². The number of halogens is 1. The molecule has 31 heavy (non-hydrogen) atoms. The Hall–Kier alpha value is -3.91. The lowest BCUT2D eigenvalue weighted by Gasteiger charge is -2.25. The highest BCUT2D eigenvalue weighted by atomic mass is 35.5. The normalized spacial score (nSPS) is 17.9. The maximum absolute atomic E-state index is 13.0. The van der Waals surface area contributed by atoms with Crippen LogP contribution in [0, 0.1) is 17.0 Å². The molecular formula is C22H15ClN2O6. The van der Waals surface area contributed by atoms with Crippen LogP contribution in [0.15, 0.2) is 70.9 Å². The van der Waals surface area contributed by atoms with Crippen LogP contribution < -0.4 is 4.90 Å². The van der Waals surface area contributed by atoms with Gasteiger partial charge in [0.05, 0.1) is 16.8 Å². The number of non-ortho nitro benzene ring substituents is 1. The van der Waals surface area contributed by atoms with Gasteiger partial charge < -0.3 is 9.52 Å². The number of rotatable bonds is 4. The van der Waals surface area contributed by atoms with Gasteiger partial charge in [0.15, 0.2) is 0 Å². The number of benzene rings is 2. The Kier molecular flexibility index (Phi) is 5.08. The zero-order valence-electron chi connectivity index (χ0n) is 16.1. The van der Waals surface area contributed by atoms with Crippen LogP contribution in [-0.4, -0.2) is 21.7 Å². The summed E-state index contributed by atoms with van der Waals surface area (Å²) < 4.78 is 5.48. The number of Topliss-reactive ketones (excluding diaryl/α,β-unsaturated/α-hetero) is 1. The summed E-state index contributed by atoms with van der Waals surface area (Å²) >= 11 is 6.22. The number of furan rings is 1. The minimum absolute atomic E-state index is 0.0339. The van der Waals surface area contributed by atoms with Crippen LogP contribution in [0.3, 0.4) is 0 Å². The summed E-state index contributed by atoms with van der Waals surface area (Å²) in [5.74, 6) is -2.11. The zero-order chi connectivity index (χ0) is 22.3. The Labute approximate surface area is 181 Å². The van der Waals surface area contributed by atoms with Gasteiger partial charge in [0.25, 0.3) is 17.4 Å². The van der Waals surface area contributed by atoms with Crippen LogP contribution in [0.4, 0.5) is 11.4 Å². The zero-order valence-corrected chi connectivity index (χ0v) is 16.9. The van der Waals surface area contributed by atoms with E-state index in [1.807, 2.05) is 0 Å². The first-order chi connectivity index (χ1) is 14.8. The molecule has 9 heteroatoms. The summed E-state index contributed by atoms with van der Waals surface area (Å²) in [5, 5.41) is 22.5. The fraction of sp³-hybridized carbons (Fsp3) is 0.0909. The van der Waals surface area contributed by atoms with Crippen molar-refractivity contribution in [2.24, 2.45) is 0 Å². The fourth-order valence-corrected chi connectivity index (χ4v) is 3.75. The molecule has 1 amide bonds. The van der Waals surface area contributed by atoms with E-state index in [9.17, 15) is 24.8 Å². The van der Waals surface area contributed by atoms with Crippen molar-refractivity contribution in [2.75, 3.05) is 4.90 Å². The molecule has 1 atom stereocenters. The molecule has 0 aliphatic carbocycles. The van der Waals surface area contributed by atoms with E-state index >= 15 is 0 Å². The van der Waals surface area contributed by atoms with Crippen molar-refractivity contribution in [3.63, 3.8) is 0 Å². The van der Waals surface area contributed by atoms with Gasteiger partial charge in [-0.2, -0.15) is 0 Å². The van der Waals surface area contributed by atoms with Crippen LogP contribution in [0.5, 0.6) is 0 Å². The highest BCUT2D eigenvalue weighted by molar-refractivity contribution is 6.52. The summed E-state index contributed by atoms with van der Waals surface area (Å²) in [4.78, 5) is 37.8. The molecule has 1 saturated heterocycles. The standard InChI is InChI=1S/C22H15ClN2O6/c1-12-15(23)7-3-8-16(12)24-19(17-9-4-10-31-17)18(21(27)22(24)28)20(26)13-5-2-6-14(11-13)25(29)30/h2-11,19,26H,1H3/b20-18-. The number of ketones is 1. The van der Waals surface area contributed by atoms with Crippen LogP contribution in [0.2, 0.25) is 5.02 Å². The second-order valence-corrected chi connectivity index (χ2v) is 7.28. The van der Waals surface area contributed by atoms with Gasteiger partial charge in [-0.25, -0.2) is 0 Å². The van der Waals surface area contributed by atoms with Crippen molar-refractivity contribution in [2.45, 2.75) is 13.0 Å². The van der Waals surface area contributed by atoms with Crippen molar-refractivity contribution in [3.05, 3.63) is 98.5 Å². The molecule has 156 valence electrons. The van der Waals surface area contributed by atoms with Gasteiger partial charge in [0.1, 0.15) is 17.6 Å². The highest BCUT2D eigenvalue weighted by Crippen LogP contribution is 2.44. The monoisotopic (exact) mass is 438 g/mol. The van der Waals surface area contributed by atoms with E-state index in [1.165, 1.54) is 29.4 Å². The van der Waals surface area contributed by atoms with Gasteiger partial charge in [-0.05, 0) is 36.8 Å². The van der Waals surface area contributed by atoms with E-state index in [-0.39, 0.29) is 22.6 Å². The average Bonchev–Trinajstić information content (AvgIpc) is 3.37. The number of carbonyl (C=O) groups is 2. The number of aliphatic hydroxyl groups is 1. The van der Waals surface area contributed by atoms with Gasteiger partial charge in [0.2, 0.25) is 0 Å². The summed E-state index contributed by atoms with van der Waals surface area (Å²) in [7, 11) is 0. The molecule has 1 aromatic heterocycles. The summed E-state index contributed by atoms with van der Waals surface area (Å²) in [6.07, 6.45) is 1.38. The number of hydrogen-bond acceptors (Lipinski definition) is 6. The largest absolute Gasteiger partial charge is 0.507 e. The second-order valence-electron chi connectivity index (χ2n) is 6.88. The third-order valence-electron chi connectivity index (χ3n) is 5.09. The summed E-state index contributed by atoms with van der Waals surface area (Å²) in [5.41, 5.74) is 0.483. The number of hydrogen-bond donors (Lipinski definition) is 1. The number of nitrogens with zero attached hydrogens (tertiary/aromatic N) is 2. The molecule has 0 bridgehead atoms. The Morgan fingerprint density at radius 3 is 2.58 bits per heavy atom. The smallest absolute Gasteiger partial charge is 0.300 e. The Balaban J connectivity index is 1.96. The molecule has 1 aliphatic heterocycles. The SMILES string of the molecule is Cc1c(Cl)cccc1N1C(=O)C(=O)/C(=C(\O)c2cccc([N+](=O)[O-])c2)C1c1ccco1. The van der Waals surface area contributed by atoms with Gasteiger partial charge >= 0.3 is 0 Å². The van der Waals surface area contributed by atoms with Gasteiger partial charge in [-0.15, -0.1) is 0 Å². The Morgan fingerprint density at radius 1 is 1.16 bits per heavy atom. The van der Waals surface area contributed by atoms with E-state index in [0.717, 1.165) is 6.07 Å². The van der Waals surface area contributed by atoms with Crippen LogP contribution >= 0.6 is 11.6 Å². The molecule has 0 spiro atoms. The third kappa shape index (κ3) is 3.36. The third-order valence-corrected chi connectivity index (χ3v) is 5.50. The molecule has 0 saturated carbocycles. The molecule has 4 rings (SSSR count). The number of anilines is 1. The van der Waals surface area contributed by atoms with E-state index in [2.05, 4.69) is 0 Å². The minimum Gasteiger partial charge on any atom is -0.507 e. The summed E-state index contributed by atoms with van der Waals surface area (Å²) in [6.45, 7) is 1.71. The molecule has 1 unspecified atom stereocenters. The quantitative estimate of drug-likeness (QED) is 0.206. The predicted octanol–water partition coefficient (Wildman–Crippen LogP) is 4.78. The lowest BCUT2D eigenvalue weighted by molar-refractivity contribution is -0.384. The molecule has 3 aromatic rings. The van der Waals surface area contributed by atoms with Crippen molar-refractivity contribution < 1.29 is 24.0 Å². The van der Waals surface area contributed by atoms with Crippen molar-refractivity contribution in [1.29, 1.82) is 0 Å². The first-order valence-corrected chi connectivity index (χ1v) is 9.53. The predicted molar refractivity (Wildman–Crippen MR) is 113 cm³/mol. The molecule has 1 N–H and O–H groups in total.